The van der Waals surface area contributed by atoms with Gasteiger partial charge in [-0.1, -0.05) is 6.07 Å². The molecule has 0 N–H and O–H groups in total. The smallest absolute Gasteiger partial charge is 0.0312 e. The van der Waals surface area contributed by atoms with Crippen molar-refractivity contribution in [1.29, 1.82) is 0 Å². The highest BCUT2D eigenvalue weighted by Crippen LogP contribution is 2.60. The van der Waals surface area contributed by atoms with Crippen molar-refractivity contribution in [1.82, 2.24) is 9.88 Å². The van der Waals surface area contributed by atoms with Gasteiger partial charge in [-0.2, -0.15) is 0 Å². The topological polar surface area (TPSA) is 16.1 Å². The predicted octanol–water partition coefficient (Wildman–Crippen LogP) is 3.73. The number of rotatable bonds is 4. The largest absolute Gasteiger partial charge is 0.302 e. The van der Waals surface area contributed by atoms with E-state index in [0.717, 1.165) is 24.3 Å². The van der Waals surface area contributed by atoms with Gasteiger partial charge in [-0.25, -0.2) is 0 Å². The molecule has 2 heteroatoms. The van der Waals surface area contributed by atoms with Crippen LogP contribution in [0.1, 0.15) is 44.1 Å². The summed E-state index contributed by atoms with van der Waals surface area (Å²) in [5.74, 6) is 3.19. The van der Waals surface area contributed by atoms with Crippen LogP contribution in [0.5, 0.6) is 0 Å². The van der Waals surface area contributed by atoms with Crippen LogP contribution in [0.25, 0.3) is 0 Å². The van der Waals surface area contributed by atoms with Gasteiger partial charge in [0.2, 0.25) is 0 Å². The van der Waals surface area contributed by atoms with Crippen molar-refractivity contribution in [3.05, 3.63) is 30.1 Å². The zero-order valence-electron chi connectivity index (χ0n) is 12.6. The van der Waals surface area contributed by atoms with E-state index >= 15 is 0 Å². The third-order valence-corrected chi connectivity index (χ3v) is 5.95. The Balaban J connectivity index is 1.43. The van der Waals surface area contributed by atoms with E-state index in [0.29, 0.717) is 5.41 Å². The normalized spacial score (nSPS) is 38.6. The van der Waals surface area contributed by atoms with Crippen LogP contribution in [-0.2, 0) is 6.54 Å². The molecule has 4 saturated carbocycles. The fraction of sp³-hybridized carbons (Fsp3) is 0.722. The average molecular weight is 270 g/mol. The lowest BCUT2D eigenvalue weighted by atomic mass is 9.49. The zero-order valence-corrected chi connectivity index (χ0v) is 12.6. The molecule has 5 rings (SSSR count). The van der Waals surface area contributed by atoms with Crippen LogP contribution in [0.2, 0.25) is 0 Å². The van der Waals surface area contributed by atoms with Crippen LogP contribution in [-0.4, -0.2) is 23.5 Å². The van der Waals surface area contributed by atoms with Gasteiger partial charge in [-0.3, -0.25) is 4.98 Å². The molecule has 0 amide bonds. The molecule has 0 aliphatic heterocycles. The maximum atomic E-state index is 4.24. The minimum Gasteiger partial charge on any atom is -0.302 e. The van der Waals surface area contributed by atoms with Crippen LogP contribution in [0.15, 0.2) is 24.5 Å². The van der Waals surface area contributed by atoms with Crippen molar-refractivity contribution < 1.29 is 0 Å². The molecule has 0 atom stereocenters. The van der Waals surface area contributed by atoms with Crippen LogP contribution in [0.3, 0.4) is 0 Å². The second-order valence-electron chi connectivity index (χ2n) is 7.95. The highest BCUT2D eigenvalue weighted by atomic mass is 15.1. The average Bonchev–Trinajstić information content (AvgIpc) is 2.37. The second kappa shape index (κ2) is 4.84. The molecule has 0 aromatic carbocycles. The minimum absolute atomic E-state index is 0.658. The van der Waals surface area contributed by atoms with Gasteiger partial charge >= 0.3 is 0 Å². The molecular weight excluding hydrogens is 244 g/mol. The Hall–Kier alpha value is -0.890. The first kappa shape index (κ1) is 12.8. The summed E-state index contributed by atoms with van der Waals surface area (Å²) in [5.41, 5.74) is 2.01. The van der Waals surface area contributed by atoms with Crippen molar-refractivity contribution in [3.8, 4) is 0 Å². The summed E-state index contributed by atoms with van der Waals surface area (Å²) in [6, 6.07) is 4.25. The molecule has 4 bridgehead atoms. The van der Waals surface area contributed by atoms with Gasteiger partial charge < -0.3 is 4.90 Å². The van der Waals surface area contributed by atoms with Gasteiger partial charge in [-0.05, 0) is 80.4 Å². The SMILES string of the molecule is CN(Cc1cccnc1)CC12CC3CC(CC(C3)C1)C2. The molecular formula is C18H26N2. The number of nitrogens with zero attached hydrogens (tertiary/aromatic N) is 2. The van der Waals surface area contributed by atoms with E-state index in [9.17, 15) is 0 Å². The highest BCUT2D eigenvalue weighted by Gasteiger charge is 2.50. The monoisotopic (exact) mass is 270 g/mol. The summed E-state index contributed by atoms with van der Waals surface area (Å²) in [4.78, 5) is 6.78. The fourth-order valence-electron chi connectivity index (χ4n) is 5.92. The molecule has 2 nitrogen and oxygen atoms in total. The summed E-state index contributed by atoms with van der Waals surface area (Å²) >= 11 is 0. The van der Waals surface area contributed by atoms with E-state index in [-0.39, 0.29) is 0 Å². The molecule has 0 spiro atoms. The molecule has 108 valence electrons. The van der Waals surface area contributed by atoms with Crippen LogP contribution in [0.4, 0.5) is 0 Å². The van der Waals surface area contributed by atoms with Gasteiger partial charge in [0.25, 0.3) is 0 Å². The van der Waals surface area contributed by atoms with E-state index in [1.165, 1.54) is 31.4 Å². The maximum absolute atomic E-state index is 4.24. The maximum Gasteiger partial charge on any atom is 0.0312 e. The van der Waals surface area contributed by atoms with Crippen molar-refractivity contribution in [3.63, 3.8) is 0 Å². The minimum atomic E-state index is 0.658. The van der Waals surface area contributed by atoms with Gasteiger partial charge in [0.1, 0.15) is 0 Å². The Morgan fingerprint density at radius 1 is 1.15 bits per heavy atom. The molecule has 1 aromatic rings. The molecule has 0 radical (unpaired) electrons. The standard InChI is InChI=1S/C18H26N2/c1-20(12-14-3-2-4-19-11-14)13-18-8-15-5-16(9-18)7-17(6-15)10-18/h2-4,11,15-17H,5-10,12-13H2,1H3. The Bertz CT molecular complexity index is 432. The van der Waals surface area contributed by atoms with Crippen LogP contribution >= 0.6 is 0 Å². The van der Waals surface area contributed by atoms with E-state index in [1.54, 1.807) is 19.3 Å². The van der Waals surface area contributed by atoms with Crippen molar-refractivity contribution in [2.24, 2.45) is 23.2 Å². The molecule has 1 heterocycles. The van der Waals surface area contributed by atoms with Crippen molar-refractivity contribution >= 4 is 0 Å². The predicted molar refractivity (Wildman–Crippen MR) is 81.2 cm³/mol. The van der Waals surface area contributed by atoms with E-state index in [1.807, 2.05) is 18.5 Å². The van der Waals surface area contributed by atoms with E-state index in [4.69, 9.17) is 0 Å². The molecule has 0 saturated heterocycles. The van der Waals surface area contributed by atoms with Crippen LogP contribution in [0, 0.1) is 23.2 Å². The third kappa shape index (κ3) is 2.39. The zero-order chi connectivity index (χ0) is 13.6. The summed E-state index contributed by atoms with van der Waals surface area (Å²) in [5, 5.41) is 0. The Kier molecular flexibility index (Phi) is 3.10. The number of hydrogen-bond acceptors (Lipinski definition) is 2. The molecule has 1 aromatic heterocycles. The summed E-state index contributed by atoms with van der Waals surface area (Å²) in [6.45, 7) is 2.35. The van der Waals surface area contributed by atoms with Gasteiger partial charge in [0.05, 0.1) is 0 Å². The first-order valence-electron chi connectivity index (χ1n) is 8.28. The molecule has 4 aliphatic rings. The summed E-state index contributed by atoms with van der Waals surface area (Å²) < 4.78 is 0. The van der Waals surface area contributed by atoms with Gasteiger partial charge in [0.15, 0.2) is 0 Å². The van der Waals surface area contributed by atoms with Crippen molar-refractivity contribution in [2.45, 2.75) is 45.1 Å². The number of pyridine rings is 1. The van der Waals surface area contributed by atoms with E-state index < -0.39 is 0 Å². The van der Waals surface area contributed by atoms with Crippen LogP contribution < -0.4 is 0 Å². The Morgan fingerprint density at radius 2 is 1.80 bits per heavy atom. The second-order valence-corrected chi connectivity index (χ2v) is 7.95. The lowest BCUT2D eigenvalue weighted by Gasteiger charge is -2.57. The van der Waals surface area contributed by atoms with Gasteiger partial charge in [-0.15, -0.1) is 0 Å². The quantitative estimate of drug-likeness (QED) is 0.828. The fourth-order valence-corrected chi connectivity index (χ4v) is 5.92. The summed E-state index contributed by atoms with van der Waals surface area (Å²) in [6.07, 6.45) is 13.0. The molecule has 4 aliphatic carbocycles. The van der Waals surface area contributed by atoms with E-state index in [2.05, 4.69) is 23.0 Å². The lowest BCUT2D eigenvalue weighted by Crippen LogP contribution is -2.50. The molecule has 0 unspecified atom stereocenters. The summed E-state index contributed by atoms with van der Waals surface area (Å²) in [7, 11) is 2.30. The molecule has 20 heavy (non-hydrogen) atoms. The Labute approximate surface area is 122 Å². The Morgan fingerprint density at radius 3 is 2.35 bits per heavy atom. The third-order valence-electron chi connectivity index (χ3n) is 5.95. The number of hydrogen-bond donors (Lipinski definition) is 0. The first-order chi connectivity index (χ1) is 9.71. The lowest BCUT2D eigenvalue weighted by molar-refractivity contribution is -0.0670. The number of aromatic nitrogens is 1. The van der Waals surface area contributed by atoms with Crippen molar-refractivity contribution in [2.75, 3.05) is 13.6 Å². The molecule has 4 fully saturated rings. The first-order valence-corrected chi connectivity index (χ1v) is 8.28. The van der Waals surface area contributed by atoms with Gasteiger partial charge in [0, 0.05) is 25.5 Å². The highest BCUT2D eigenvalue weighted by molar-refractivity contribution is 5.09.